The van der Waals surface area contributed by atoms with Gasteiger partial charge in [-0.3, -0.25) is 5.10 Å². The normalized spacial score (nSPS) is 10.6. The molecule has 0 aliphatic carbocycles. The van der Waals surface area contributed by atoms with Crippen LogP contribution in [-0.2, 0) is 6.42 Å². The zero-order valence-electron chi connectivity index (χ0n) is 8.78. The minimum Gasteiger partial charge on any atom is -0.330 e. The molecule has 0 atom stereocenters. The van der Waals surface area contributed by atoms with E-state index < -0.39 is 0 Å². The van der Waals surface area contributed by atoms with Gasteiger partial charge in [-0.2, -0.15) is 5.10 Å². The van der Waals surface area contributed by atoms with Crippen LogP contribution in [0.3, 0.4) is 0 Å². The third-order valence-electron chi connectivity index (χ3n) is 2.25. The van der Waals surface area contributed by atoms with Crippen LogP contribution in [0.5, 0.6) is 0 Å². The Hall–Kier alpha value is -1.39. The maximum absolute atomic E-state index is 5.81. The Kier molecular flexibility index (Phi) is 3.54. The minimum absolute atomic E-state index is 0.664. The second-order valence-electron chi connectivity index (χ2n) is 3.50. The lowest BCUT2D eigenvalue weighted by atomic mass is 10.2. The maximum Gasteiger partial charge on any atom is 0.181 e. The van der Waals surface area contributed by atoms with Gasteiger partial charge < -0.3 is 5.73 Å². The number of H-pyrrole nitrogens is 1. The number of aromatic amines is 1. The average Bonchev–Trinajstić information content (AvgIpc) is 2.76. The number of aromatic nitrogens is 3. The maximum atomic E-state index is 5.81. The molecular formula is C11H13ClN4. The highest BCUT2D eigenvalue weighted by molar-refractivity contribution is 6.30. The van der Waals surface area contributed by atoms with Gasteiger partial charge in [0.05, 0.1) is 0 Å². The number of nitrogens with zero attached hydrogens (tertiary/aromatic N) is 2. The molecule has 84 valence electrons. The fourth-order valence-electron chi connectivity index (χ4n) is 1.40. The van der Waals surface area contributed by atoms with Crippen molar-refractivity contribution in [3.8, 4) is 11.4 Å². The molecule has 0 spiro atoms. The molecule has 16 heavy (non-hydrogen) atoms. The van der Waals surface area contributed by atoms with Gasteiger partial charge in [0.25, 0.3) is 0 Å². The van der Waals surface area contributed by atoms with E-state index in [-0.39, 0.29) is 0 Å². The van der Waals surface area contributed by atoms with Gasteiger partial charge in [-0.25, -0.2) is 4.98 Å². The second-order valence-corrected chi connectivity index (χ2v) is 3.94. The van der Waals surface area contributed by atoms with Crippen molar-refractivity contribution in [1.29, 1.82) is 0 Å². The standard InChI is InChI=1S/C11H13ClN4/c12-9-5-3-8(4-6-9)11-14-10(15-16-11)2-1-7-13/h3-6H,1-2,7,13H2,(H,14,15,16). The number of aryl methyl sites for hydroxylation is 1. The van der Waals surface area contributed by atoms with Gasteiger partial charge in [0.15, 0.2) is 5.82 Å². The van der Waals surface area contributed by atoms with Crippen molar-refractivity contribution >= 4 is 11.6 Å². The van der Waals surface area contributed by atoms with Crippen LogP contribution in [0, 0.1) is 0 Å². The SMILES string of the molecule is NCCCc1nc(-c2ccc(Cl)cc2)n[nH]1. The summed E-state index contributed by atoms with van der Waals surface area (Å²) in [7, 11) is 0. The van der Waals surface area contributed by atoms with Gasteiger partial charge in [-0.05, 0) is 37.2 Å². The fourth-order valence-corrected chi connectivity index (χ4v) is 1.53. The summed E-state index contributed by atoms with van der Waals surface area (Å²) in [6.45, 7) is 0.664. The largest absolute Gasteiger partial charge is 0.330 e. The molecular weight excluding hydrogens is 224 g/mol. The number of halogens is 1. The van der Waals surface area contributed by atoms with Crippen molar-refractivity contribution in [1.82, 2.24) is 15.2 Å². The lowest BCUT2D eigenvalue weighted by Gasteiger charge is -1.94. The monoisotopic (exact) mass is 236 g/mol. The van der Waals surface area contributed by atoms with E-state index in [1.165, 1.54) is 0 Å². The molecule has 2 rings (SSSR count). The first kappa shape index (κ1) is 11.1. The van der Waals surface area contributed by atoms with E-state index in [9.17, 15) is 0 Å². The van der Waals surface area contributed by atoms with E-state index in [0.29, 0.717) is 17.4 Å². The average molecular weight is 237 g/mol. The summed E-state index contributed by atoms with van der Waals surface area (Å²) in [6, 6.07) is 7.45. The Labute approximate surface area is 98.8 Å². The molecule has 0 saturated heterocycles. The van der Waals surface area contributed by atoms with Gasteiger partial charge in [0, 0.05) is 17.0 Å². The zero-order chi connectivity index (χ0) is 11.4. The number of benzene rings is 1. The Balaban J connectivity index is 2.15. The predicted molar refractivity (Wildman–Crippen MR) is 64.2 cm³/mol. The first-order chi connectivity index (χ1) is 7.79. The first-order valence-corrected chi connectivity index (χ1v) is 5.54. The van der Waals surface area contributed by atoms with Crippen molar-refractivity contribution in [2.75, 3.05) is 6.54 Å². The lowest BCUT2D eigenvalue weighted by molar-refractivity contribution is 0.785. The van der Waals surface area contributed by atoms with Crippen LogP contribution in [0.1, 0.15) is 12.2 Å². The summed E-state index contributed by atoms with van der Waals surface area (Å²) >= 11 is 5.81. The molecule has 3 N–H and O–H groups in total. The quantitative estimate of drug-likeness (QED) is 0.854. The van der Waals surface area contributed by atoms with Crippen LogP contribution < -0.4 is 5.73 Å². The molecule has 0 aliphatic heterocycles. The molecule has 1 heterocycles. The van der Waals surface area contributed by atoms with Crippen LogP contribution in [-0.4, -0.2) is 21.7 Å². The fraction of sp³-hybridized carbons (Fsp3) is 0.273. The van der Waals surface area contributed by atoms with E-state index >= 15 is 0 Å². The van der Waals surface area contributed by atoms with Crippen molar-refractivity contribution in [2.24, 2.45) is 5.73 Å². The molecule has 0 unspecified atom stereocenters. The molecule has 0 saturated carbocycles. The van der Waals surface area contributed by atoms with Crippen LogP contribution in [0.15, 0.2) is 24.3 Å². The lowest BCUT2D eigenvalue weighted by Crippen LogP contribution is -2.01. The minimum atomic E-state index is 0.664. The molecule has 5 heteroatoms. The molecule has 1 aromatic carbocycles. The molecule has 0 fully saturated rings. The number of hydrogen-bond donors (Lipinski definition) is 2. The smallest absolute Gasteiger partial charge is 0.181 e. The van der Waals surface area contributed by atoms with Gasteiger partial charge >= 0.3 is 0 Å². The van der Waals surface area contributed by atoms with Crippen LogP contribution in [0.25, 0.3) is 11.4 Å². The Morgan fingerprint density at radius 3 is 2.69 bits per heavy atom. The molecule has 0 radical (unpaired) electrons. The second kappa shape index (κ2) is 5.09. The van der Waals surface area contributed by atoms with Crippen LogP contribution in [0.2, 0.25) is 5.02 Å². The van der Waals surface area contributed by atoms with Crippen molar-refractivity contribution in [3.05, 3.63) is 35.1 Å². The highest BCUT2D eigenvalue weighted by Crippen LogP contribution is 2.17. The van der Waals surface area contributed by atoms with Crippen LogP contribution >= 0.6 is 11.6 Å². The van der Waals surface area contributed by atoms with Crippen LogP contribution in [0.4, 0.5) is 0 Å². The summed E-state index contributed by atoms with van der Waals surface area (Å²) in [5.74, 6) is 1.57. The van der Waals surface area contributed by atoms with Gasteiger partial charge in [0.2, 0.25) is 0 Å². The van der Waals surface area contributed by atoms with Gasteiger partial charge in [0.1, 0.15) is 5.82 Å². The zero-order valence-corrected chi connectivity index (χ0v) is 9.54. The van der Waals surface area contributed by atoms with E-state index in [1.54, 1.807) is 0 Å². The topological polar surface area (TPSA) is 67.6 Å². The Morgan fingerprint density at radius 1 is 1.25 bits per heavy atom. The number of nitrogens with one attached hydrogen (secondary N) is 1. The molecule has 0 aliphatic rings. The van der Waals surface area contributed by atoms with Crippen molar-refractivity contribution in [3.63, 3.8) is 0 Å². The van der Waals surface area contributed by atoms with E-state index in [0.717, 1.165) is 24.2 Å². The molecule has 2 aromatic rings. The first-order valence-electron chi connectivity index (χ1n) is 5.17. The summed E-state index contributed by atoms with van der Waals surface area (Å²) < 4.78 is 0. The summed E-state index contributed by atoms with van der Waals surface area (Å²) in [5.41, 5.74) is 6.39. The summed E-state index contributed by atoms with van der Waals surface area (Å²) in [5, 5.41) is 7.76. The van der Waals surface area contributed by atoms with Gasteiger partial charge in [-0.15, -0.1) is 0 Å². The summed E-state index contributed by atoms with van der Waals surface area (Å²) in [6.07, 6.45) is 1.74. The number of hydrogen-bond acceptors (Lipinski definition) is 3. The molecule has 1 aromatic heterocycles. The highest BCUT2D eigenvalue weighted by Gasteiger charge is 2.05. The van der Waals surface area contributed by atoms with Crippen molar-refractivity contribution < 1.29 is 0 Å². The third kappa shape index (κ3) is 2.59. The Morgan fingerprint density at radius 2 is 2.00 bits per heavy atom. The van der Waals surface area contributed by atoms with E-state index in [2.05, 4.69) is 15.2 Å². The molecule has 0 amide bonds. The van der Waals surface area contributed by atoms with Gasteiger partial charge in [-0.1, -0.05) is 11.6 Å². The van der Waals surface area contributed by atoms with Crippen molar-refractivity contribution in [2.45, 2.75) is 12.8 Å². The summed E-state index contributed by atoms with van der Waals surface area (Å²) in [4.78, 5) is 4.38. The highest BCUT2D eigenvalue weighted by atomic mass is 35.5. The number of rotatable bonds is 4. The van der Waals surface area contributed by atoms with E-state index in [1.807, 2.05) is 24.3 Å². The third-order valence-corrected chi connectivity index (χ3v) is 2.50. The predicted octanol–water partition coefficient (Wildman–Crippen LogP) is 2.02. The number of nitrogens with two attached hydrogens (primary N) is 1. The Bertz CT molecular complexity index is 449. The molecule has 0 bridgehead atoms. The van der Waals surface area contributed by atoms with E-state index in [4.69, 9.17) is 17.3 Å². The molecule has 4 nitrogen and oxygen atoms in total.